The molecule has 0 bridgehead atoms. The van der Waals surface area contributed by atoms with Crippen LogP contribution in [0.4, 0.5) is 0 Å². The molecule has 6 heteroatoms. The summed E-state index contributed by atoms with van der Waals surface area (Å²) in [5.74, 6) is 0.299. The lowest BCUT2D eigenvalue weighted by molar-refractivity contribution is -0.131. The molecule has 1 aliphatic rings. The summed E-state index contributed by atoms with van der Waals surface area (Å²) in [6.45, 7) is 3.87. The summed E-state index contributed by atoms with van der Waals surface area (Å²) in [5, 5.41) is 2.95. The van der Waals surface area contributed by atoms with Gasteiger partial charge in [-0.3, -0.25) is 4.79 Å². The summed E-state index contributed by atoms with van der Waals surface area (Å²) in [6, 6.07) is 0. The van der Waals surface area contributed by atoms with Crippen molar-refractivity contribution < 1.29 is 13.2 Å². The normalized spacial score (nSPS) is 18.2. The van der Waals surface area contributed by atoms with Gasteiger partial charge >= 0.3 is 0 Å². The molecule has 0 aromatic heterocycles. The summed E-state index contributed by atoms with van der Waals surface area (Å²) in [6.07, 6.45) is 0.637. The van der Waals surface area contributed by atoms with Gasteiger partial charge in [0.2, 0.25) is 5.91 Å². The third-order valence-corrected chi connectivity index (χ3v) is 4.21. The van der Waals surface area contributed by atoms with E-state index in [1.165, 1.54) is 0 Å². The number of hydrogen-bond acceptors (Lipinski definition) is 4. The van der Waals surface area contributed by atoms with Crippen LogP contribution in [0, 0.1) is 0 Å². The van der Waals surface area contributed by atoms with E-state index in [1.807, 2.05) is 6.92 Å². The average Bonchev–Trinajstić information content (AvgIpc) is 2.16. The molecule has 0 atom stereocenters. The number of carbonyl (C=O) groups is 1. The van der Waals surface area contributed by atoms with Crippen molar-refractivity contribution in [3.8, 4) is 0 Å². The van der Waals surface area contributed by atoms with Crippen LogP contribution in [-0.4, -0.2) is 56.9 Å². The number of nitrogens with zero attached hydrogens (tertiary/aromatic N) is 1. The summed E-state index contributed by atoms with van der Waals surface area (Å²) in [7, 11) is -2.97. The highest BCUT2D eigenvalue weighted by atomic mass is 32.2. The zero-order chi connectivity index (χ0) is 11.3. The molecule has 0 spiro atoms. The SMILES string of the molecule is CCCS(=O)(=O)CCN1CCNCC1=O. The van der Waals surface area contributed by atoms with Crippen LogP contribution in [0.1, 0.15) is 13.3 Å². The van der Waals surface area contributed by atoms with Crippen LogP contribution in [-0.2, 0) is 14.6 Å². The van der Waals surface area contributed by atoms with Crippen molar-refractivity contribution in [2.45, 2.75) is 13.3 Å². The highest BCUT2D eigenvalue weighted by molar-refractivity contribution is 7.91. The fraction of sp³-hybridized carbons (Fsp3) is 0.889. The second-order valence-corrected chi connectivity index (χ2v) is 6.01. The van der Waals surface area contributed by atoms with Crippen LogP contribution >= 0.6 is 0 Å². The first kappa shape index (κ1) is 12.4. The van der Waals surface area contributed by atoms with Gasteiger partial charge in [-0.2, -0.15) is 0 Å². The molecule has 0 aromatic carbocycles. The van der Waals surface area contributed by atoms with E-state index in [0.717, 1.165) is 6.54 Å². The van der Waals surface area contributed by atoms with Gasteiger partial charge in [0.25, 0.3) is 0 Å². The van der Waals surface area contributed by atoms with Gasteiger partial charge in [-0.15, -0.1) is 0 Å². The highest BCUT2D eigenvalue weighted by Gasteiger charge is 2.19. The topological polar surface area (TPSA) is 66.5 Å². The molecule has 1 N–H and O–H groups in total. The van der Waals surface area contributed by atoms with Gasteiger partial charge in [-0.1, -0.05) is 6.92 Å². The van der Waals surface area contributed by atoms with Crippen LogP contribution in [0.25, 0.3) is 0 Å². The van der Waals surface area contributed by atoms with Gasteiger partial charge in [-0.05, 0) is 6.42 Å². The van der Waals surface area contributed by atoms with Crippen LogP contribution in [0.5, 0.6) is 0 Å². The minimum absolute atomic E-state index is 0.00653. The van der Waals surface area contributed by atoms with Crippen molar-refractivity contribution in [3.63, 3.8) is 0 Å². The van der Waals surface area contributed by atoms with Crippen molar-refractivity contribution in [1.29, 1.82) is 0 Å². The van der Waals surface area contributed by atoms with E-state index >= 15 is 0 Å². The van der Waals surface area contributed by atoms with Crippen molar-refractivity contribution in [2.24, 2.45) is 0 Å². The fourth-order valence-electron chi connectivity index (χ4n) is 1.54. The monoisotopic (exact) mass is 234 g/mol. The molecule has 1 fully saturated rings. The first-order chi connectivity index (χ1) is 7.05. The molecule has 15 heavy (non-hydrogen) atoms. The third kappa shape index (κ3) is 4.17. The molecule has 88 valence electrons. The van der Waals surface area contributed by atoms with Gasteiger partial charge in [0, 0.05) is 25.4 Å². The lowest BCUT2D eigenvalue weighted by atomic mass is 10.3. The van der Waals surface area contributed by atoms with Gasteiger partial charge in [0.15, 0.2) is 9.84 Å². The Labute approximate surface area is 90.7 Å². The second-order valence-electron chi connectivity index (χ2n) is 3.71. The molecule has 1 amide bonds. The predicted molar refractivity (Wildman–Crippen MR) is 58.4 cm³/mol. The molecule has 1 heterocycles. The van der Waals surface area contributed by atoms with Crippen LogP contribution in [0.2, 0.25) is 0 Å². The molecular weight excluding hydrogens is 216 g/mol. The molecule has 1 rings (SSSR count). The van der Waals surface area contributed by atoms with E-state index in [9.17, 15) is 13.2 Å². The Morgan fingerprint density at radius 1 is 1.40 bits per heavy atom. The molecule has 0 radical (unpaired) electrons. The number of nitrogens with one attached hydrogen (secondary N) is 1. The fourth-order valence-corrected chi connectivity index (χ4v) is 2.87. The standard InChI is InChI=1S/C9H18N2O3S/c1-2-6-15(13,14)7-5-11-4-3-10-8-9(11)12/h10H,2-8H2,1H3. The number of sulfone groups is 1. The van der Waals surface area contributed by atoms with Crippen LogP contribution in [0.3, 0.4) is 0 Å². The Kier molecular flexibility index (Phi) is 4.53. The number of piperazine rings is 1. The third-order valence-electron chi connectivity index (χ3n) is 2.37. The largest absolute Gasteiger partial charge is 0.339 e. The predicted octanol–water partition coefficient (Wildman–Crippen LogP) is -0.757. The second kappa shape index (κ2) is 5.46. The van der Waals surface area contributed by atoms with E-state index < -0.39 is 9.84 Å². The Morgan fingerprint density at radius 2 is 2.13 bits per heavy atom. The first-order valence-corrected chi connectivity index (χ1v) is 7.06. The van der Waals surface area contributed by atoms with Crippen molar-refractivity contribution in [3.05, 3.63) is 0 Å². The summed E-state index contributed by atoms with van der Waals surface area (Å²) in [4.78, 5) is 13.0. The highest BCUT2D eigenvalue weighted by Crippen LogP contribution is 1.99. The van der Waals surface area contributed by atoms with E-state index in [-0.39, 0.29) is 17.4 Å². The Bertz CT molecular complexity index is 313. The average molecular weight is 234 g/mol. The zero-order valence-electron chi connectivity index (χ0n) is 9.03. The van der Waals surface area contributed by atoms with E-state index in [1.54, 1.807) is 4.90 Å². The Hall–Kier alpha value is -0.620. The summed E-state index contributed by atoms with van der Waals surface area (Å²) < 4.78 is 22.9. The smallest absolute Gasteiger partial charge is 0.236 e. The maximum atomic E-state index is 11.4. The summed E-state index contributed by atoms with van der Waals surface area (Å²) in [5.41, 5.74) is 0. The number of carbonyl (C=O) groups excluding carboxylic acids is 1. The van der Waals surface area contributed by atoms with Crippen LogP contribution < -0.4 is 5.32 Å². The Balaban J connectivity index is 2.38. The van der Waals surface area contributed by atoms with Crippen LogP contribution in [0.15, 0.2) is 0 Å². The molecule has 0 unspecified atom stereocenters. The lowest BCUT2D eigenvalue weighted by Gasteiger charge is -2.27. The maximum Gasteiger partial charge on any atom is 0.236 e. The zero-order valence-corrected chi connectivity index (χ0v) is 9.85. The number of hydrogen-bond donors (Lipinski definition) is 1. The molecule has 1 aliphatic heterocycles. The van der Waals surface area contributed by atoms with E-state index in [0.29, 0.717) is 26.1 Å². The van der Waals surface area contributed by atoms with E-state index in [2.05, 4.69) is 5.32 Å². The maximum absolute atomic E-state index is 11.4. The quantitative estimate of drug-likeness (QED) is 0.679. The Morgan fingerprint density at radius 3 is 2.73 bits per heavy atom. The summed E-state index contributed by atoms with van der Waals surface area (Å²) >= 11 is 0. The lowest BCUT2D eigenvalue weighted by Crippen LogP contribution is -2.49. The van der Waals surface area contributed by atoms with Gasteiger partial charge < -0.3 is 10.2 Å². The van der Waals surface area contributed by atoms with Crippen molar-refractivity contribution >= 4 is 15.7 Å². The van der Waals surface area contributed by atoms with Gasteiger partial charge in [-0.25, -0.2) is 8.42 Å². The molecule has 0 aromatic rings. The minimum Gasteiger partial charge on any atom is -0.339 e. The molecule has 5 nitrogen and oxygen atoms in total. The van der Waals surface area contributed by atoms with Crippen molar-refractivity contribution in [2.75, 3.05) is 37.7 Å². The van der Waals surface area contributed by atoms with Gasteiger partial charge in [0.1, 0.15) is 0 Å². The molecule has 0 saturated carbocycles. The van der Waals surface area contributed by atoms with Gasteiger partial charge in [0.05, 0.1) is 12.3 Å². The minimum atomic E-state index is -2.97. The molecular formula is C9H18N2O3S. The molecule has 0 aliphatic carbocycles. The van der Waals surface area contributed by atoms with Crippen molar-refractivity contribution in [1.82, 2.24) is 10.2 Å². The number of rotatable bonds is 5. The first-order valence-electron chi connectivity index (χ1n) is 5.24. The van der Waals surface area contributed by atoms with E-state index in [4.69, 9.17) is 0 Å². The molecule has 1 saturated heterocycles. The number of amides is 1.